The standard InChI is InChI=1S/C10H21N3O2/c1-8(14)6-10(15)13-5-2-9(7-13)12-4-3-11/h8-9,12,14H,2-7,11H2,1H3. The van der Waals surface area contributed by atoms with Gasteiger partial charge in [-0.3, -0.25) is 4.79 Å². The topological polar surface area (TPSA) is 78.6 Å². The second-order valence-corrected chi connectivity index (χ2v) is 4.12. The maximum Gasteiger partial charge on any atom is 0.225 e. The number of carbonyl (C=O) groups excluding carboxylic acids is 1. The molecule has 0 aromatic carbocycles. The lowest BCUT2D eigenvalue weighted by atomic mass is 10.2. The van der Waals surface area contributed by atoms with Crippen molar-refractivity contribution in [3.8, 4) is 0 Å². The van der Waals surface area contributed by atoms with Crippen LogP contribution < -0.4 is 11.1 Å². The van der Waals surface area contributed by atoms with Crippen LogP contribution in [0.3, 0.4) is 0 Å². The maximum absolute atomic E-state index is 11.6. The highest BCUT2D eigenvalue weighted by Gasteiger charge is 2.25. The Morgan fingerprint density at radius 3 is 3.07 bits per heavy atom. The predicted octanol–water partition coefficient (Wildman–Crippen LogP) is -1.09. The molecule has 1 aliphatic heterocycles. The predicted molar refractivity (Wildman–Crippen MR) is 58.3 cm³/mol. The number of carbonyl (C=O) groups is 1. The molecule has 0 spiro atoms. The number of hydrogen-bond acceptors (Lipinski definition) is 4. The molecule has 0 aromatic rings. The lowest BCUT2D eigenvalue weighted by Crippen LogP contribution is -2.37. The van der Waals surface area contributed by atoms with Gasteiger partial charge < -0.3 is 21.1 Å². The van der Waals surface area contributed by atoms with Gasteiger partial charge in [0, 0.05) is 32.2 Å². The number of aliphatic hydroxyl groups excluding tert-OH is 1. The number of rotatable bonds is 5. The van der Waals surface area contributed by atoms with Crippen molar-refractivity contribution in [3.63, 3.8) is 0 Å². The molecule has 0 radical (unpaired) electrons. The fraction of sp³-hybridized carbons (Fsp3) is 0.900. The highest BCUT2D eigenvalue weighted by atomic mass is 16.3. The van der Waals surface area contributed by atoms with Crippen molar-refractivity contribution < 1.29 is 9.90 Å². The Bertz CT molecular complexity index is 209. The van der Waals surface area contributed by atoms with Crippen LogP contribution in [0.5, 0.6) is 0 Å². The van der Waals surface area contributed by atoms with Crippen molar-refractivity contribution in [1.82, 2.24) is 10.2 Å². The SMILES string of the molecule is CC(O)CC(=O)N1CCC(NCCN)C1. The van der Waals surface area contributed by atoms with E-state index in [2.05, 4.69) is 5.32 Å². The summed E-state index contributed by atoms with van der Waals surface area (Å²) < 4.78 is 0. The van der Waals surface area contributed by atoms with Crippen LogP contribution >= 0.6 is 0 Å². The van der Waals surface area contributed by atoms with Crippen LogP contribution in [0.1, 0.15) is 19.8 Å². The summed E-state index contributed by atoms with van der Waals surface area (Å²) in [5.74, 6) is 0.0436. The molecule has 4 N–H and O–H groups in total. The normalized spacial score (nSPS) is 23.1. The highest BCUT2D eigenvalue weighted by Crippen LogP contribution is 2.11. The molecular formula is C10H21N3O2. The lowest BCUT2D eigenvalue weighted by molar-refractivity contribution is -0.132. The van der Waals surface area contributed by atoms with Gasteiger partial charge in [0.25, 0.3) is 0 Å². The monoisotopic (exact) mass is 215 g/mol. The van der Waals surface area contributed by atoms with Crippen molar-refractivity contribution in [3.05, 3.63) is 0 Å². The molecule has 1 rings (SSSR count). The molecule has 5 nitrogen and oxygen atoms in total. The molecule has 88 valence electrons. The molecule has 15 heavy (non-hydrogen) atoms. The molecule has 0 saturated carbocycles. The van der Waals surface area contributed by atoms with Crippen LogP contribution in [-0.4, -0.2) is 54.2 Å². The van der Waals surface area contributed by atoms with E-state index in [1.807, 2.05) is 0 Å². The summed E-state index contributed by atoms with van der Waals surface area (Å²) in [6.07, 6.45) is 0.656. The number of hydrogen-bond donors (Lipinski definition) is 3. The third kappa shape index (κ3) is 4.15. The number of nitrogens with zero attached hydrogens (tertiary/aromatic N) is 1. The molecule has 0 aliphatic carbocycles. The van der Waals surface area contributed by atoms with Gasteiger partial charge >= 0.3 is 0 Å². The zero-order chi connectivity index (χ0) is 11.3. The van der Waals surface area contributed by atoms with Gasteiger partial charge in [0.2, 0.25) is 5.91 Å². The smallest absolute Gasteiger partial charge is 0.225 e. The summed E-state index contributed by atoms with van der Waals surface area (Å²) in [7, 11) is 0. The van der Waals surface area contributed by atoms with E-state index in [9.17, 15) is 4.79 Å². The molecule has 2 atom stereocenters. The number of nitrogens with one attached hydrogen (secondary N) is 1. The molecule has 1 saturated heterocycles. The van der Waals surface area contributed by atoms with Crippen molar-refractivity contribution in [2.24, 2.45) is 5.73 Å². The molecular weight excluding hydrogens is 194 g/mol. The third-order valence-electron chi connectivity index (χ3n) is 2.59. The van der Waals surface area contributed by atoms with Crippen molar-refractivity contribution in [1.29, 1.82) is 0 Å². The number of aliphatic hydroxyl groups is 1. The molecule has 0 bridgehead atoms. The Morgan fingerprint density at radius 2 is 2.47 bits per heavy atom. The third-order valence-corrected chi connectivity index (χ3v) is 2.59. The summed E-state index contributed by atoms with van der Waals surface area (Å²) >= 11 is 0. The molecule has 1 aliphatic rings. The molecule has 1 heterocycles. The number of nitrogens with two attached hydrogens (primary N) is 1. The average Bonchev–Trinajstić information content (AvgIpc) is 2.62. The van der Waals surface area contributed by atoms with Crippen LogP contribution in [0.4, 0.5) is 0 Å². The van der Waals surface area contributed by atoms with E-state index in [-0.39, 0.29) is 12.3 Å². The molecule has 2 unspecified atom stereocenters. The first-order valence-corrected chi connectivity index (χ1v) is 5.52. The quantitative estimate of drug-likeness (QED) is 0.544. The van der Waals surface area contributed by atoms with E-state index in [1.54, 1.807) is 11.8 Å². The second kappa shape index (κ2) is 6.05. The Labute approximate surface area is 90.6 Å². The summed E-state index contributed by atoms with van der Waals surface area (Å²) in [6.45, 7) is 4.58. The fourth-order valence-corrected chi connectivity index (χ4v) is 1.82. The lowest BCUT2D eigenvalue weighted by Gasteiger charge is -2.17. The van der Waals surface area contributed by atoms with E-state index in [0.717, 1.165) is 26.1 Å². The maximum atomic E-state index is 11.6. The summed E-state index contributed by atoms with van der Waals surface area (Å²) in [6, 6.07) is 0.367. The van der Waals surface area contributed by atoms with Gasteiger partial charge in [-0.15, -0.1) is 0 Å². The zero-order valence-corrected chi connectivity index (χ0v) is 9.28. The second-order valence-electron chi connectivity index (χ2n) is 4.12. The van der Waals surface area contributed by atoms with Crippen molar-refractivity contribution in [2.45, 2.75) is 31.9 Å². The number of amides is 1. The van der Waals surface area contributed by atoms with E-state index in [0.29, 0.717) is 12.6 Å². The van der Waals surface area contributed by atoms with Gasteiger partial charge in [-0.1, -0.05) is 0 Å². The van der Waals surface area contributed by atoms with E-state index < -0.39 is 6.10 Å². The highest BCUT2D eigenvalue weighted by molar-refractivity contribution is 5.77. The average molecular weight is 215 g/mol. The van der Waals surface area contributed by atoms with Gasteiger partial charge in [0.15, 0.2) is 0 Å². The van der Waals surface area contributed by atoms with Gasteiger partial charge in [0.1, 0.15) is 0 Å². The fourth-order valence-electron chi connectivity index (χ4n) is 1.82. The molecule has 1 fully saturated rings. The molecule has 5 heteroatoms. The first-order chi connectivity index (χ1) is 7.13. The molecule has 1 amide bonds. The van der Waals surface area contributed by atoms with Crippen LogP contribution in [0, 0.1) is 0 Å². The Morgan fingerprint density at radius 1 is 1.73 bits per heavy atom. The minimum Gasteiger partial charge on any atom is -0.393 e. The van der Waals surface area contributed by atoms with Gasteiger partial charge in [-0.05, 0) is 13.3 Å². The summed E-state index contributed by atoms with van der Waals surface area (Å²) in [5, 5.41) is 12.4. The van der Waals surface area contributed by atoms with Gasteiger partial charge in [-0.2, -0.15) is 0 Å². The van der Waals surface area contributed by atoms with Crippen LogP contribution in [0.25, 0.3) is 0 Å². The number of likely N-dealkylation sites (tertiary alicyclic amines) is 1. The van der Waals surface area contributed by atoms with E-state index in [1.165, 1.54) is 0 Å². The van der Waals surface area contributed by atoms with Crippen molar-refractivity contribution >= 4 is 5.91 Å². The largest absolute Gasteiger partial charge is 0.393 e. The van der Waals surface area contributed by atoms with Crippen LogP contribution in [0.2, 0.25) is 0 Å². The molecule has 0 aromatic heterocycles. The van der Waals surface area contributed by atoms with Gasteiger partial charge in [0.05, 0.1) is 12.5 Å². The minimum absolute atomic E-state index is 0.0436. The van der Waals surface area contributed by atoms with E-state index >= 15 is 0 Å². The van der Waals surface area contributed by atoms with E-state index in [4.69, 9.17) is 10.8 Å². The van der Waals surface area contributed by atoms with Crippen LogP contribution in [0.15, 0.2) is 0 Å². The zero-order valence-electron chi connectivity index (χ0n) is 9.28. The van der Waals surface area contributed by atoms with Crippen LogP contribution in [-0.2, 0) is 4.79 Å². The van der Waals surface area contributed by atoms with Gasteiger partial charge in [-0.25, -0.2) is 0 Å². The Balaban J connectivity index is 2.26. The Hall–Kier alpha value is -0.650. The Kier molecular flexibility index (Phi) is 5.01. The van der Waals surface area contributed by atoms with Crippen molar-refractivity contribution in [2.75, 3.05) is 26.2 Å². The summed E-state index contributed by atoms with van der Waals surface area (Å²) in [5.41, 5.74) is 5.39. The minimum atomic E-state index is -0.548. The first kappa shape index (κ1) is 12.4. The summed E-state index contributed by atoms with van der Waals surface area (Å²) in [4.78, 5) is 13.4. The first-order valence-electron chi connectivity index (χ1n) is 5.52.